The molecule has 1 N–H and O–H groups in total. The Hall–Kier alpha value is -4.08. The molecule has 1 unspecified atom stereocenters. The second kappa shape index (κ2) is 16.1. The maximum absolute atomic E-state index is 16.7. The lowest BCUT2D eigenvalue weighted by Gasteiger charge is -2.36. The zero-order valence-electron chi connectivity index (χ0n) is 24.5. The molecule has 1 aliphatic rings. The normalized spacial score (nSPS) is 21.7. The first-order valence-corrected chi connectivity index (χ1v) is 14.9. The minimum atomic E-state index is -1.78. The molecule has 44 heavy (non-hydrogen) atoms. The largest absolute Gasteiger partial charge is 0.443 e. The SMILES string of the molecule is O=C(OCc1ccccc1)N(OCc1ccccc1)[C@@H]1CCC(O)[C@@H](OCc2ccccc2)[C@H](F)[C@H]1OCc1ccccc1. The molecule has 1 aliphatic carbocycles. The van der Waals surface area contributed by atoms with Gasteiger partial charge in [0.05, 0.1) is 25.4 Å². The van der Waals surface area contributed by atoms with E-state index in [2.05, 4.69) is 0 Å². The fourth-order valence-electron chi connectivity index (χ4n) is 5.26. The first-order valence-electron chi connectivity index (χ1n) is 14.9. The maximum Gasteiger partial charge on any atom is 0.434 e. The van der Waals surface area contributed by atoms with Gasteiger partial charge >= 0.3 is 6.09 Å². The number of ether oxygens (including phenoxy) is 3. The van der Waals surface area contributed by atoms with Crippen molar-refractivity contribution in [2.75, 3.05) is 0 Å². The molecule has 0 aliphatic heterocycles. The number of benzene rings is 4. The van der Waals surface area contributed by atoms with Crippen molar-refractivity contribution in [3.8, 4) is 0 Å². The van der Waals surface area contributed by atoms with Crippen LogP contribution >= 0.6 is 0 Å². The van der Waals surface area contributed by atoms with Gasteiger partial charge < -0.3 is 19.3 Å². The Morgan fingerprint density at radius 3 is 1.57 bits per heavy atom. The Bertz CT molecular complexity index is 1400. The monoisotopic (exact) mass is 599 g/mol. The number of carbonyl (C=O) groups excluding carboxylic acids is 1. The third-order valence-electron chi connectivity index (χ3n) is 7.61. The average molecular weight is 600 g/mol. The minimum absolute atomic E-state index is 0.0115. The fraction of sp³-hybridized carbons (Fsp3) is 0.306. The highest BCUT2D eigenvalue weighted by Crippen LogP contribution is 2.32. The predicted molar refractivity (Wildman–Crippen MR) is 164 cm³/mol. The maximum atomic E-state index is 16.7. The Labute approximate surface area is 257 Å². The van der Waals surface area contributed by atoms with Crippen LogP contribution in [0.2, 0.25) is 0 Å². The molecule has 0 saturated heterocycles. The van der Waals surface area contributed by atoms with Gasteiger partial charge in [0.1, 0.15) is 25.4 Å². The third-order valence-corrected chi connectivity index (χ3v) is 7.61. The smallest absolute Gasteiger partial charge is 0.434 e. The summed E-state index contributed by atoms with van der Waals surface area (Å²) in [6.45, 7) is 0.274. The zero-order chi connectivity index (χ0) is 30.6. The predicted octanol–water partition coefficient (Wildman–Crippen LogP) is 6.79. The van der Waals surface area contributed by atoms with Crippen LogP contribution in [0.1, 0.15) is 35.1 Å². The number of aliphatic hydroxyl groups excluding tert-OH is 1. The van der Waals surface area contributed by atoms with E-state index >= 15 is 4.39 Å². The number of hydroxylamine groups is 2. The van der Waals surface area contributed by atoms with Crippen molar-refractivity contribution in [1.82, 2.24) is 5.06 Å². The van der Waals surface area contributed by atoms with Gasteiger partial charge in [-0.15, -0.1) is 0 Å². The van der Waals surface area contributed by atoms with E-state index < -0.39 is 36.6 Å². The topological polar surface area (TPSA) is 77.5 Å². The molecule has 5 atom stereocenters. The molecule has 4 aromatic rings. The van der Waals surface area contributed by atoms with E-state index in [4.69, 9.17) is 19.0 Å². The van der Waals surface area contributed by atoms with Crippen molar-refractivity contribution in [2.24, 2.45) is 0 Å². The molecule has 4 aromatic carbocycles. The second-order valence-electron chi connectivity index (χ2n) is 10.8. The Morgan fingerprint density at radius 1 is 0.636 bits per heavy atom. The Morgan fingerprint density at radius 2 is 1.07 bits per heavy atom. The number of rotatable bonds is 12. The van der Waals surface area contributed by atoms with Gasteiger partial charge in [0, 0.05) is 0 Å². The first-order chi connectivity index (χ1) is 21.6. The summed E-state index contributed by atoms with van der Waals surface area (Å²) in [5, 5.41) is 12.2. The van der Waals surface area contributed by atoms with E-state index in [0.29, 0.717) is 0 Å². The summed E-state index contributed by atoms with van der Waals surface area (Å²) in [4.78, 5) is 19.8. The summed E-state index contributed by atoms with van der Waals surface area (Å²) in [6, 6.07) is 36.6. The van der Waals surface area contributed by atoms with Crippen molar-refractivity contribution in [2.45, 2.75) is 69.8 Å². The molecule has 0 radical (unpaired) electrons. The molecular weight excluding hydrogens is 561 g/mol. The summed E-state index contributed by atoms with van der Waals surface area (Å²) in [7, 11) is 0. The number of halogens is 1. The molecule has 8 heteroatoms. The van der Waals surface area contributed by atoms with Gasteiger partial charge in [-0.2, -0.15) is 5.06 Å². The summed E-state index contributed by atoms with van der Waals surface area (Å²) in [6.07, 6.45) is -5.69. The number of nitrogens with zero attached hydrogens (tertiary/aromatic N) is 1. The Balaban J connectivity index is 1.41. The fourth-order valence-corrected chi connectivity index (χ4v) is 5.26. The van der Waals surface area contributed by atoms with Crippen LogP contribution in [0.15, 0.2) is 121 Å². The van der Waals surface area contributed by atoms with Gasteiger partial charge in [-0.25, -0.2) is 9.18 Å². The third kappa shape index (κ3) is 8.74. The standard InChI is InChI=1S/C36H38FNO6/c37-33-34(41-23-27-13-5-1-6-14-27)31(21-22-32(39)35(33)42-24-28-15-7-2-8-16-28)38(44-26-30-19-11-4-12-20-30)36(40)43-25-29-17-9-3-10-18-29/h1-20,31-35,39H,21-26H2/t31-,32?,33-,34+,35-/m1/s1. The van der Waals surface area contributed by atoms with Gasteiger partial charge in [-0.05, 0) is 35.1 Å². The van der Waals surface area contributed by atoms with Crippen molar-refractivity contribution >= 4 is 6.09 Å². The van der Waals surface area contributed by atoms with E-state index in [1.807, 2.05) is 121 Å². The van der Waals surface area contributed by atoms with E-state index in [1.165, 1.54) is 0 Å². The highest BCUT2D eigenvalue weighted by atomic mass is 19.1. The van der Waals surface area contributed by atoms with Gasteiger partial charge in [0.25, 0.3) is 0 Å². The van der Waals surface area contributed by atoms with Crippen LogP contribution in [0.25, 0.3) is 0 Å². The first kappa shape index (κ1) is 31.3. The van der Waals surface area contributed by atoms with Gasteiger partial charge in [0.2, 0.25) is 0 Å². The van der Waals surface area contributed by atoms with Crippen molar-refractivity contribution in [3.05, 3.63) is 144 Å². The number of hydrogen-bond acceptors (Lipinski definition) is 6. The van der Waals surface area contributed by atoms with Gasteiger partial charge in [0.15, 0.2) is 6.17 Å². The van der Waals surface area contributed by atoms with Crippen LogP contribution in [0.4, 0.5) is 9.18 Å². The molecule has 230 valence electrons. The highest BCUT2D eigenvalue weighted by molar-refractivity contribution is 5.67. The lowest BCUT2D eigenvalue weighted by molar-refractivity contribution is -0.210. The zero-order valence-corrected chi connectivity index (χ0v) is 24.5. The van der Waals surface area contributed by atoms with Crippen molar-refractivity contribution in [1.29, 1.82) is 0 Å². The van der Waals surface area contributed by atoms with E-state index in [0.717, 1.165) is 27.3 Å². The molecule has 0 spiro atoms. The summed E-state index contributed by atoms with van der Waals surface area (Å²) in [5.41, 5.74) is 3.32. The van der Waals surface area contributed by atoms with Crippen molar-refractivity contribution < 1.29 is 33.3 Å². The lowest BCUT2D eigenvalue weighted by Crippen LogP contribution is -2.53. The molecule has 0 bridgehead atoms. The molecule has 1 saturated carbocycles. The minimum Gasteiger partial charge on any atom is -0.443 e. The van der Waals surface area contributed by atoms with Crippen LogP contribution in [-0.4, -0.2) is 46.8 Å². The molecule has 1 fully saturated rings. The quantitative estimate of drug-likeness (QED) is 0.143. The number of alkyl halides is 1. The van der Waals surface area contributed by atoms with Gasteiger partial charge in [-0.3, -0.25) is 4.84 Å². The van der Waals surface area contributed by atoms with Crippen LogP contribution in [0.3, 0.4) is 0 Å². The second-order valence-corrected chi connectivity index (χ2v) is 10.8. The van der Waals surface area contributed by atoms with Crippen LogP contribution in [0, 0.1) is 0 Å². The van der Waals surface area contributed by atoms with Crippen LogP contribution in [0.5, 0.6) is 0 Å². The van der Waals surface area contributed by atoms with Crippen LogP contribution in [-0.2, 0) is 45.5 Å². The molecular formula is C36H38FNO6. The number of hydrogen-bond donors (Lipinski definition) is 1. The summed E-state index contributed by atoms with van der Waals surface area (Å²) < 4.78 is 34.6. The average Bonchev–Trinajstić information content (AvgIpc) is 3.18. The van der Waals surface area contributed by atoms with Gasteiger partial charge in [-0.1, -0.05) is 121 Å². The van der Waals surface area contributed by atoms with E-state index in [-0.39, 0.29) is 39.3 Å². The van der Waals surface area contributed by atoms with Crippen molar-refractivity contribution in [3.63, 3.8) is 0 Å². The number of carbonyl (C=O) groups is 1. The molecule has 0 heterocycles. The molecule has 5 rings (SSSR count). The molecule has 1 amide bonds. The summed E-state index contributed by atoms with van der Waals surface area (Å²) in [5.74, 6) is 0. The summed E-state index contributed by atoms with van der Waals surface area (Å²) >= 11 is 0. The van der Waals surface area contributed by atoms with E-state index in [9.17, 15) is 9.90 Å². The number of amides is 1. The molecule has 0 aromatic heterocycles. The lowest BCUT2D eigenvalue weighted by atomic mass is 10.0. The Kier molecular flexibility index (Phi) is 11.5. The van der Waals surface area contributed by atoms with E-state index in [1.54, 1.807) is 0 Å². The highest BCUT2D eigenvalue weighted by Gasteiger charge is 2.47. The van der Waals surface area contributed by atoms with Crippen LogP contribution < -0.4 is 0 Å². The molecule has 7 nitrogen and oxygen atoms in total. The number of aliphatic hydroxyl groups is 1.